The molecule has 0 saturated carbocycles. The van der Waals surface area contributed by atoms with E-state index in [1.54, 1.807) is 10.9 Å². The van der Waals surface area contributed by atoms with Crippen LogP contribution in [0.1, 0.15) is 17.0 Å². The van der Waals surface area contributed by atoms with Gasteiger partial charge in [-0.1, -0.05) is 0 Å². The summed E-state index contributed by atoms with van der Waals surface area (Å²) in [5.41, 5.74) is 5.36. The van der Waals surface area contributed by atoms with Gasteiger partial charge in [-0.25, -0.2) is 15.5 Å². The first-order valence-corrected chi connectivity index (χ1v) is 4.95. The number of nitrogens with one attached hydrogen (secondary N) is 1. The van der Waals surface area contributed by atoms with E-state index in [1.165, 1.54) is 0 Å². The van der Waals surface area contributed by atoms with Gasteiger partial charge in [-0.15, -0.1) is 0 Å². The van der Waals surface area contributed by atoms with Crippen molar-refractivity contribution in [3.8, 4) is 5.82 Å². The average Bonchev–Trinajstić information content (AvgIpc) is 2.58. The Labute approximate surface area is 93.5 Å². The summed E-state index contributed by atoms with van der Waals surface area (Å²) in [6.45, 7) is 5.87. The zero-order chi connectivity index (χ0) is 11.7. The van der Waals surface area contributed by atoms with Crippen molar-refractivity contribution in [3.05, 3.63) is 29.2 Å². The number of rotatable bonds is 2. The molecule has 0 radical (unpaired) electrons. The van der Waals surface area contributed by atoms with E-state index in [-0.39, 0.29) is 0 Å². The minimum Gasteiger partial charge on any atom is -0.292 e. The molecule has 0 fully saturated rings. The highest BCUT2D eigenvalue weighted by Crippen LogP contribution is 2.14. The third kappa shape index (κ3) is 1.74. The molecule has 0 amide bonds. The highest BCUT2D eigenvalue weighted by molar-refractivity contribution is 5.38. The van der Waals surface area contributed by atoms with Crippen LogP contribution < -0.4 is 11.3 Å². The Balaban J connectivity index is 2.58. The van der Waals surface area contributed by atoms with Gasteiger partial charge in [0.25, 0.3) is 0 Å². The minimum atomic E-state index is 0.383. The van der Waals surface area contributed by atoms with Crippen LogP contribution in [0.2, 0.25) is 0 Å². The number of nitrogens with two attached hydrogens (primary N) is 1. The topological polar surface area (TPSA) is 81.7 Å². The fraction of sp³-hybridized carbons (Fsp3) is 0.300. The smallest absolute Gasteiger partial charge is 0.239 e. The molecule has 16 heavy (non-hydrogen) atoms. The Morgan fingerprint density at radius 3 is 2.62 bits per heavy atom. The van der Waals surface area contributed by atoms with Crippen molar-refractivity contribution < 1.29 is 0 Å². The van der Waals surface area contributed by atoms with Gasteiger partial charge in [0, 0.05) is 17.5 Å². The number of hydrogen-bond donors (Lipinski definition) is 2. The van der Waals surface area contributed by atoms with Crippen molar-refractivity contribution in [1.82, 2.24) is 19.7 Å². The van der Waals surface area contributed by atoms with Gasteiger partial charge in [0.1, 0.15) is 0 Å². The molecule has 0 aromatic carbocycles. The third-order valence-electron chi connectivity index (χ3n) is 2.28. The molecule has 0 unspecified atom stereocenters. The molecule has 84 valence electrons. The highest BCUT2D eigenvalue weighted by atomic mass is 15.4. The minimum absolute atomic E-state index is 0.383. The van der Waals surface area contributed by atoms with Crippen molar-refractivity contribution >= 4 is 5.95 Å². The van der Waals surface area contributed by atoms with Crippen molar-refractivity contribution in [2.75, 3.05) is 5.43 Å². The monoisotopic (exact) mass is 218 g/mol. The molecular formula is C10H14N6. The van der Waals surface area contributed by atoms with Gasteiger partial charge in [-0.3, -0.25) is 5.43 Å². The lowest BCUT2D eigenvalue weighted by Gasteiger charge is -2.08. The molecule has 0 bridgehead atoms. The number of hydrogen-bond acceptors (Lipinski definition) is 5. The molecule has 2 heterocycles. The van der Waals surface area contributed by atoms with Gasteiger partial charge in [0.2, 0.25) is 5.95 Å². The van der Waals surface area contributed by atoms with Gasteiger partial charge in [0.05, 0.1) is 5.69 Å². The molecule has 6 nitrogen and oxygen atoms in total. The van der Waals surface area contributed by atoms with Gasteiger partial charge in [0.15, 0.2) is 5.82 Å². The second kappa shape index (κ2) is 3.90. The second-order valence-corrected chi connectivity index (χ2v) is 3.68. The number of nitrogen functional groups attached to an aromatic ring is 1. The number of aromatic nitrogens is 4. The van der Waals surface area contributed by atoms with Crippen LogP contribution in [0.15, 0.2) is 12.3 Å². The molecule has 0 aliphatic carbocycles. The maximum atomic E-state index is 5.29. The molecule has 0 aliphatic heterocycles. The van der Waals surface area contributed by atoms with E-state index in [2.05, 4.69) is 20.5 Å². The van der Waals surface area contributed by atoms with E-state index in [4.69, 9.17) is 5.84 Å². The first-order chi connectivity index (χ1) is 7.61. The Morgan fingerprint density at radius 2 is 2.06 bits per heavy atom. The average molecular weight is 218 g/mol. The van der Waals surface area contributed by atoms with Crippen LogP contribution in [0.4, 0.5) is 5.95 Å². The zero-order valence-corrected chi connectivity index (χ0v) is 9.52. The van der Waals surface area contributed by atoms with Crippen molar-refractivity contribution in [3.63, 3.8) is 0 Å². The maximum Gasteiger partial charge on any atom is 0.239 e. The molecule has 6 heteroatoms. The summed E-state index contributed by atoms with van der Waals surface area (Å²) >= 11 is 0. The highest BCUT2D eigenvalue weighted by Gasteiger charge is 2.09. The van der Waals surface area contributed by atoms with Crippen LogP contribution in [0.5, 0.6) is 0 Å². The number of nitrogens with zero attached hydrogens (tertiary/aromatic N) is 4. The summed E-state index contributed by atoms with van der Waals surface area (Å²) in [5, 5.41) is 4.37. The Morgan fingerprint density at radius 1 is 1.31 bits per heavy atom. The third-order valence-corrected chi connectivity index (χ3v) is 2.28. The Hall–Kier alpha value is -1.95. The molecule has 0 saturated heterocycles. The molecule has 0 atom stereocenters. The predicted octanol–water partition coefficient (Wildman–Crippen LogP) is 0.873. The van der Waals surface area contributed by atoms with Crippen LogP contribution in [-0.4, -0.2) is 19.7 Å². The second-order valence-electron chi connectivity index (χ2n) is 3.68. The summed E-state index contributed by atoms with van der Waals surface area (Å²) < 4.78 is 1.78. The summed E-state index contributed by atoms with van der Waals surface area (Å²) in [6.07, 6.45) is 1.72. The summed E-state index contributed by atoms with van der Waals surface area (Å²) in [7, 11) is 0. The van der Waals surface area contributed by atoms with Gasteiger partial charge in [-0.2, -0.15) is 10.1 Å². The molecule has 2 rings (SSSR count). The summed E-state index contributed by atoms with van der Waals surface area (Å²) in [5.74, 6) is 6.41. The predicted molar refractivity (Wildman–Crippen MR) is 61.2 cm³/mol. The van der Waals surface area contributed by atoms with E-state index < -0.39 is 0 Å². The first kappa shape index (κ1) is 10.6. The van der Waals surface area contributed by atoms with Crippen LogP contribution >= 0.6 is 0 Å². The van der Waals surface area contributed by atoms with Gasteiger partial charge < -0.3 is 0 Å². The van der Waals surface area contributed by atoms with Crippen LogP contribution in [0, 0.1) is 20.8 Å². The quantitative estimate of drug-likeness (QED) is 0.577. The van der Waals surface area contributed by atoms with E-state index in [1.807, 2.05) is 26.8 Å². The molecule has 2 aromatic heterocycles. The van der Waals surface area contributed by atoms with E-state index in [0.29, 0.717) is 5.95 Å². The molecule has 2 aromatic rings. The fourth-order valence-corrected chi connectivity index (χ4v) is 1.56. The number of anilines is 1. The van der Waals surface area contributed by atoms with E-state index in [0.717, 1.165) is 22.8 Å². The molecule has 0 aliphatic rings. The fourth-order valence-electron chi connectivity index (χ4n) is 1.56. The van der Waals surface area contributed by atoms with E-state index in [9.17, 15) is 0 Å². The standard InChI is InChI=1S/C10H14N6/c1-6-5-12-10(14-11)13-9(6)16-8(3)4-7(2)15-16/h4-5H,11H2,1-3H3,(H,12,13,14). The largest absolute Gasteiger partial charge is 0.292 e. The normalized spacial score (nSPS) is 10.5. The summed E-state index contributed by atoms with van der Waals surface area (Å²) in [6, 6.07) is 2.00. The zero-order valence-electron chi connectivity index (χ0n) is 9.52. The molecule has 3 N–H and O–H groups in total. The Bertz CT molecular complexity index is 516. The van der Waals surface area contributed by atoms with Gasteiger partial charge in [-0.05, 0) is 26.8 Å². The lowest BCUT2D eigenvalue weighted by atomic mass is 10.3. The molecule has 0 spiro atoms. The molecular weight excluding hydrogens is 204 g/mol. The number of aryl methyl sites for hydroxylation is 3. The first-order valence-electron chi connectivity index (χ1n) is 4.95. The summed E-state index contributed by atoms with van der Waals surface area (Å²) in [4.78, 5) is 8.32. The lowest BCUT2D eigenvalue weighted by Crippen LogP contribution is -2.13. The number of hydrazine groups is 1. The van der Waals surface area contributed by atoms with Crippen molar-refractivity contribution in [2.24, 2.45) is 5.84 Å². The maximum absolute atomic E-state index is 5.29. The van der Waals surface area contributed by atoms with Crippen LogP contribution in [0.25, 0.3) is 5.82 Å². The van der Waals surface area contributed by atoms with Gasteiger partial charge >= 0.3 is 0 Å². The van der Waals surface area contributed by atoms with E-state index >= 15 is 0 Å². The van der Waals surface area contributed by atoms with Crippen LogP contribution in [-0.2, 0) is 0 Å². The Kier molecular flexibility index (Phi) is 2.57. The SMILES string of the molecule is Cc1cc(C)n(-c2nc(NN)ncc2C)n1. The van der Waals surface area contributed by atoms with Crippen molar-refractivity contribution in [2.45, 2.75) is 20.8 Å². The van der Waals surface area contributed by atoms with Crippen LogP contribution in [0.3, 0.4) is 0 Å². The lowest BCUT2D eigenvalue weighted by molar-refractivity contribution is 0.793. The van der Waals surface area contributed by atoms with Crippen molar-refractivity contribution in [1.29, 1.82) is 0 Å².